The summed E-state index contributed by atoms with van der Waals surface area (Å²) >= 11 is 0. The molecule has 66 heavy (non-hydrogen) atoms. The third-order valence-electron chi connectivity index (χ3n) is 11.1. The molecule has 1 saturated heterocycles. The summed E-state index contributed by atoms with van der Waals surface area (Å²) in [7, 11) is 1.62. The molecule has 362 valence electrons. The van der Waals surface area contributed by atoms with Crippen LogP contribution in [0.5, 0.6) is 0 Å². The molecular formula is C46H66N8O12. The second-order valence-electron chi connectivity index (χ2n) is 16.9. The highest BCUT2D eigenvalue weighted by atomic mass is 16.5. The van der Waals surface area contributed by atoms with Gasteiger partial charge in [0.15, 0.2) is 0 Å². The normalized spacial score (nSPS) is 16.7. The SMILES string of the molecule is CCCN(NC(=O)[C@@H]1C[C@@H](OCc2ccccc2)CN1C(=O)[C@@H](NC(=O)[C@@H](NC(=O)[C@@H](CCC(=O)O)NC(=O)[C@H](CC(=O)O)NC(C)=O)[C@@H](C)CC)C(C)C)C(=O)N(C)Cc1ccccc1. The molecule has 1 aliphatic heterocycles. The molecule has 0 bridgehead atoms. The van der Waals surface area contributed by atoms with E-state index in [1.807, 2.05) is 67.6 Å². The van der Waals surface area contributed by atoms with Gasteiger partial charge in [0.1, 0.15) is 30.2 Å². The van der Waals surface area contributed by atoms with Crippen molar-refractivity contribution < 1.29 is 58.1 Å². The molecular weight excluding hydrogens is 857 g/mol. The Balaban J connectivity index is 1.90. The summed E-state index contributed by atoms with van der Waals surface area (Å²) in [4.78, 5) is 121. The Labute approximate surface area is 385 Å². The highest BCUT2D eigenvalue weighted by molar-refractivity contribution is 5.97. The van der Waals surface area contributed by atoms with Gasteiger partial charge in [-0.15, -0.1) is 0 Å². The first kappa shape index (κ1) is 53.8. The second-order valence-corrected chi connectivity index (χ2v) is 16.9. The first-order chi connectivity index (χ1) is 31.2. The fourth-order valence-corrected chi connectivity index (χ4v) is 7.29. The number of aliphatic carboxylic acids is 2. The number of urea groups is 1. The highest BCUT2D eigenvalue weighted by Crippen LogP contribution is 2.25. The largest absolute Gasteiger partial charge is 0.481 e. The van der Waals surface area contributed by atoms with Gasteiger partial charge >= 0.3 is 18.0 Å². The predicted molar refractivity (Wildman–Crippen MR) is 240 cm³/mol. The molecule has 7 atom stereocenters. The van der Waals surface area contributed by atoms with E-state index in [2.05, 4.69) is 26.7 Å². The fourth-order valence-electron chi connectivity index (χ4n) is 7.29. The summed E-state index contributed by atoms with van der Waals surface area (Å²) in [5, 5.41) is 29.8. The van der Waals surface area contributed by atoms with E-state index in [0.717, 1.165) is 18.1 Å². The van der Waals surface area contributed by atoms with Crippen molar-refractivity contribution in [1.82, 2.24) is 41.5 Å². The third kappa shape index (κ3) is 16.8. The summed E-state index contributed by atoms with van der Waals surface area (Å²) in [6.45, 7) is 10.3. The fraction of sp³-hybridized carbons (Fsp3) is 0.543. The molecule has 0 radical (unpaired) electrons. The summed E-state index contributed by atoms with van der Waals surface area (Å²) < 4.78 is 6.23. The quantitative estimate of drug-likeness (QED) is 0.0747. The average molecular weight is 923 g/mol. The molecule has 3 rings (SSSR count). The number of hydrogen-bond donors (Lipinski definition) is 7. The standard InChI is InChI=1S/C46H66N8O12/c1-8-22-54(46(65)52(7)25-31-16-12-10-13-17-31)51-43(62)36-23-33(66-27-32-18-14-11-15-19-32)26-53(36)45(64)39(28(3)4)49-44(63)40(29(5)9-2)50-41(60)34(20-21-37(56)57)48-42(61)35(24-38(58)59)47-30(6)55/h10-19,28-29,33-36,39-40H,8-9,20-27H2,1-7H3,(H,47,55)(H,48,61)(H,49,63)(H,50,60)(H,51,62)(H,56,57)(H,58,59)/t29-,33+,34+,35-,36-,39-,40-/m0/s1. The first-order valence-corrected chi connectivity index (χ1v) is 22.2. The molecule has 0 spiro atoms. The minimum absolute atomic E-state index is 0.0314. The molecule has 8 amide bonds. The molecule has 20 nitrogen and oxygen atoms in total. The van der Waals surface area contributed by atoms with Crippen molar-refractivity contribution in [2.75, 3.05) is 20.1 Å². The van der Waals surface area contributed by atoms with Gasteiger partial charge in [0.05, 0.1) is 19.1 Å². The minimum Gasteiger partial charge on any atom is -0.481 e. The first-order valence-electron chi connectivity index (χ1n) is 22.2. The van der Waals surface area contributed by atoms with Crippen molar-refractivity contribution in [3.05, 3.63) is 71.8 Å². The van der Waals surface area contributed by atoms with Crippen LogP contribution in [0, 0.1) is 11.8 Å². The van der Waals surface area contributed by atoms with Crippen LogP contribution in [0.2, 0.25) is 0 Å². The lowest BCUT2D eigenvalue weighted by atomic mass is 9.95. The molecule has 0 unspecified atom stereocenters. The van der Waals surface area contributed by atoms with Crippen LogP contribution in [0.1, 0.15) is 91.2 Å². The van der Waals surface area contributed by atoms with Gasteiger partial charge in [0, 0.05) is 46.4 Å². The number of likely N-dealkylation sites (tertiary alicyclic amines) is 1. The number of benzene rings is 2. The van der Waals surface area contributed by atoms with Gasteiger partial charge in [-0.3, -0.25) is 43.8 Å². The van der Waals surface area contributed by atoms with Crippen molar-refractivity contribution >= 4 is 53.4 Å². The van der Waals surface area contributed by atoms with Crippen LogP contribution in [0.25, 0.3) is 0 Å². The summed E-state index contributed by atoms with van der Waals surface area (Å²) in [6.07, 6.45) is -1.58. The zero-order valence-corrected chi connectivity index (χ0v) is 38.8. The third-order valence-corrected chi connectivity index (χ3v) is 11.1. The van der Waals surface area contributed by atoms with Crippen LogP contribution in [0.4, 0.5) is 4.79 Å². The molecule has 2 aromatic carbocycles. The van der Waals surface area contributed by atoms with E-state index < -0.39 is 121 Å². The lowest BCUT2D eigenvalue weighted by molar-refractivity contribution is -0.144. The second kappa shape index (κ2) is 26.4. The molecule has 20 heteroatoms. The van der Waals surface area contributed by atoms with Gasteiger partial charge in [-0.25, -0.2) is 9.80 Å². The Kier molecular flexibility index (Phi) is 21.5. The van der Waals surface area contributed by atoms with Gasteiger partial charge in [-0.05, 0) is 35.8 Å². The Morgan fingerprint density at radius 3 is 1.91 bits per heavy atom. The van der Waals surface area contributed by atoms with Crippen LogP contribution >= 0.6 is 0 Å². The van der Waals surface area contributed by atoms with Crippen molar-refractivity contribution in [2.45, 2.75) is 130 Å². The van der Waals surface area contributed by atoms with Crippen molar-refractivity contribution in [2.24, 2.45) is 11.8 Å². The number of hydrogen-bond acceptors (Lipinski definition) is 10. The van der Waals surface area contributed by atoms with E-state index in [1.54, 1.807) is 34.7 Å². The number of carboxylic acid groups (broad SMARTS) is 2. The Hall–Kier alpha value is -6.57. The van der Waals surface area contributed by atoms with Crippen LogP contribution in [-0.2, 0) is 56.2 Å². The number of nitrogens with zero attached hydrogens (tertiary/aromatic N) is 3. The number of nitrogens with one attached hydrogen (secondary N) is 5. The molecule has 0 aromatic heterocycles. The maximum atomic E-state index is 14.7. The number of hydrazine groups is 1. The van der Waals surface area contributed by atoms with Crippen LogP contribution in [-0.4, -0.2) is 135 Å². The van der Waals surface area contributed by atoms with E-state index in [4.69, 9.17) is 4.74 Å². The number of amides is 8. The number of carbonyl (C=O) groups excluding carboxylic acids is 7. The smallest absolute Gasteiger partial charge is 0.338 e. The van der Waals surface area contributed by atoms with Crippen LogP contribution in [0.3, 0.4) is 0 Å². The average Bonchev–Trinajstić information content (AvgIpc) is 3.71. The molecule has 1 heterocycles. The van der Waals surface area contributed by atoms with E-state index in [9.17, 15) is 53.4 Å². The van der Waals surface area contributed by atoms with Gasteiger partial charge in [-0.2, -0.15) is 0 Å². The molecule has 0 saturated carbocycles. The van der Waals surface area contributed by atoms with Crippen LogP contribution in [0.15, 0.2) is 60.7 Å². The number of carbonyl (C=O) groups is 9. The Bertz CT molecular complexity index is 1970. The number of ether oxygens (including phenoxy) is 1. The predicted octanol–water partition coefficient (Wildman–Crippen LogP) is 2.17. The van der Waals surface area contributed by atoms with E-state index in [-0.39, 0.29) is 32.7 Å². The minimum atomic E-state index is -1.59. The van der Waals surface area contributed by atoms with E-state index >= 15 is 0 Å². The maximum Gasteiger partial charge on any atom is 0.338 e. The highest BCUT2D eigenvalue weighted by Gasteiger charge is 2.45. The Morgan fingerprint density at radius 2 is 1.36 bits per heavy atom. The zero-order chi connectivity index (χ0) is 49.1. The van der Waals surface area contributed by atoms with Crippen molar-refractivity contribution in [1.29, 1.82) is 0 Å². The Morgan fingerprint density at radius 1 is 0.773 bits per heavy atom. The monoisotopic (exact) mass is 922 g/mol. The number of rotatable bonds is 24. The van der Waals surface area contributed by atoms with Gasteiger partial charge in [0.2, 0.25) is 29.5 Å². The van der Waals surface area contributed by atoms with Crippen molar-refractivity contribution in [3.8, 4) is 0 Å². The zero-order valence-electron chi connectivity index (χ0n) is 38.8. The molecule has 2 aromatic rings. The summed E-state index contributed by atoms with van der Waals surface area (Å²) in [6, 6.07) is 11.3. The summed E-state index contributed by atoms with van der Waals surface area (Å²) in [5.74, 6) is -8.67. The maximum absolute atomic E-state index is 14.7. The molecule has 1 fully saturated rings. The van der Waals surface area contributed by atoms with E-state index in [1.165, 1.54) is 14.8 Å². The lowest BCUT2D eigenvalue weighted by Gasteiger charge is -2.34. The molecule has 7 N–H and O–H groups in total. The lowest BCUT2D eigenvalue weighted by Crippen LogP contribution is -2.61. The molecule has 1 aliphatic rings. The van der Waals surface area contributed by atoms with Gasteiger partial charge in [-0.1, -0.05) is 102 Å². The van der Waals surface area contributed by atoms with Gasteiger partial charge in [0.25, 0.3) is 5.91 Å². The topological polar surface area (TPSA) is 273 Å². The van der Waals surface area contributed by atoms with Crippen LogP contribution < -0.4 is 26.7 Å². The molecule has 0 aliphatic carbocycles. The van der Waals surface area contributed by atoms with Crippen molar-refractivity contribution in [3.63, 3.8) is 0 Å². The summed E-state index contributed by atoms with van der Waals surface area (Å²) in [5.41, 5.74) is 4.50. The van der Waals surface area contributed by atoms with E-state index in [0.29, 0.717) is 12.8 Å². The number of carboxylic acids is 2. The van der Waals surface area contributed by atoms with Gasteiger partial charge < -0.3 is 46.0 Å².